The molecule has 124 valence electrons. The Morgan fingerprint density at radius 3 is 2.08 bits per heavy atom. The van der Waals surface area contributed by atoms with Crippen LogP contribution in [0.3, 0.4) is 0 Å². The highest BCUT2D eigenvalue weighted by atomic mass is 32.2. The van der Waals surface area contributed by atoms with Crippen LogP contribution in [0.25, 0.3) is 0 Å². The highest BCUT2D eigenvalue weighted by Gasteiger charge is 2.16. The van der Waals surface area contributed by atoms with E-state index in [2.05, 4.69) is 4.72 Å². The minimum absolute atomic E-state index is 0.325. The quantitative estimate of drug-likeness (QED) is 0.724. The molecular formula is C18H18N2O2S2. The number of nitrogens with one attached hydrogen (secondary N) is 1. The number of para-hydroxylation sites is 1. The van der Waals surface area contributed by atoms with Crippen molar-refractivity contribution in [2.45, 2.75) is 11.1 Å². The number of thiophene rings is 1. The Hall–Kier alpha value is -2.31. The lowest BCUT2D eigenvalue weighted by Gasteiger charge is -2.19. The highest BCUT2D eigenvalue weighted by molar-refractivity contribution is 7.94. The van der Waals surface area contributed by atoms with Gasteiger partial charge in [0.15, 0.2) is 0 Å². The zero-order valence-electron chi connectivity index (χ0n) is 13.4. The maximum absolute atomic E-state index is 12.3. The molecule has 2 aromatic carbocycles. The largest absolute Gasteiger partial charge is 0.345 e. The highest BCUT2D eigenvalue weighted by Crippen LogP contribution is 2.27. The van der Waals surface area contributed by atoms with Crippen LogP contribution in [0.15, 0.2) is 70.9 Å². The van der Waals surface area contributed by atoms with Crippen LogP contribution in [-0.4, -0.2) is 15.5 Å². The van der Waals surface area contributed by atoms with Gasteiger partial charge in [-0.25, -0.2) is 8.42 Å². The predicted octanol–water partition coefficient (Wildman–Crippen LogP) is 4.63. The number of hydrogen-bond donors (Lipinski definition) is 1. The second-order valence-electron chi connectivity index (χ2n) is 5.41. The van der Waals surface area contributed by atoms with Crippen LogP contribution in [0, 0.1) is 6.92 Å². The average molecular weight is 358 g/mol. The lowest BCUT2D eigenvalue weighted by Crippen LogP contribution is -2.12. The minimum atomic E-state index is -3.52. The number of anilines is 3. The summed E-state index contributed by atoms with van der Waals surface area (Å²) in [6.45, 7) is 1.89. The molecule has 0 fully saturated rings. The Morgan fingerprint density at radius 1 is 0.875 bits per heavy atom. The van der Waals surface area contributed by atoms with Crippen LogP contribution in [0.2, 0.25) is 0 Å². The van der Waals surface area contributed by atoms with Crippen LogP contribution >= 0.6 is 11.3 Å². The molecule has 4 nitrogen and oxygen atoms in total. The van der Waals surface area contributed by atoms with Crippen molar-refractivity contribution in [2.75, 3.05) is 16.7 Å². The molecule has 0 saturated heterocycles. The normalized spacial score (nSPS) is 11.2. The molecule has 24 heavy (non-hydrogen) atoms. The fraction of sp³-hybridized carbons (Fsp3) is 0.111. The molecule has 0 amide bonds. The van der Waals surface area contributed by atoms with Gasteiger partial charge in [-0.1, -0.05) is 18.2 Å². The summed E-state index contributed by atoms with van der Waals surface area (Å²) in [7, 11) is -1.55. The van der Waals surface area contributed by atoms with Crippen molar-refractivity contribution in [3.63, 3.8) is 0 Å². The average Bonchev–Trinajstić information content (AvgIpc) is 3.03. The standard InChI is InChI=1S/C18H18N2O2S2/c1-14-8-13-18(23-14)24(21,22)19-15-9-11-17(12-10-15)20(2)16-6-4-3-5-7-16/h3-13,19H,1-2H3. The molecule has 0 radical (unpaired) electrons. The summed E-state index contributed by atoms with van der Waals surface area (Å²) in [6.07, 6.45) is 0. The fourth-order valence-electron chi connectivity index (χ4n) is 2.32. The maximum atomic E-state index is 12.3. The summed E-state index contributed by atoms with van der Waals surface area (Å²) < 4.78 is 27.6. The lowest BCUT2D eigenvalue weighted by atomic mass is 10.2. The van der Waals surface area contributed by atoms with E-state index in [-0.39, 0.29) is 0 Å². The second-order valence-corrected chi connectivity index (χ2v) is 8.61. The van der Waals surface area contributed by atoms with Gasteiger partial charge in [0.25, 0.3) is 10.0 Å². The van der Waals surface area contributed by atoms with Gasteiger partial charge in [0.2, 0.25) is 0 Å². The summed E-state index contributed by atoms with van der Waals surface area (Å²) >= 11 is 1.26. The van der Waals surface area contributed by atoms with E-state index in [9.17, 15) is 8.42 Å². The van der Waals surface area contributed by atoms with Crippen molar-refractivity contribution < 1.29 is 8.42 Å². The van der Waals surface area contributed by atoms with Gasteiger partial charge in [-0.2, -0.15) is 0 Å². The maximum Gasteiger partial charge on any atom is 0.271 e. The minimum Gasteiger partial charge on any atom is -0.345 e. The first-order valence-corrected chi connectivity index (χ1v) is 9.74. The van der Waals surface area contributed by atoms with Crippen molar-refractivity contribution in [1.82, 2.24) is 0 Å². The summed E-state index contributed by atoms with van der Waals surface area (Å²) in [5.74, 6) is 0. The molecule has 6 heteroatoms. The Balaban J connectivity index is 1.78. The monoisotopic (exact) mass is 358 g/mol. The van der Waals surface area contributed by atoms with Crippen LogP contribution in [0.5, 0.6) is 0 Å². The zero-order valence-corrected chi connectivity index (χ0v) is 15.1. The molecule has 0 saturated carbocycles. The SMILES string of the molecule is Cc1ccc(S(=O)(=O)Nc2ccc(N(C)c3ccccc3)cc2)s1. The van der Waals surface area contributed by atoms with E-state index in [0.717, 1.165) is 16.3 Å². The van der Waals surface area contributed by atoms with E-state index in [1.165, 1.54) is 11.3 Å². The number of aryl methyl sites for hydroxylation is 1. The molecule has 1 aromatic heterocycles. The molecule has 0 aliphatic rings. The Kier molecular flexibility index (Phi) is 4.59. The second kappa shape index (κ2) is 6.67. The van der Waals surface area contributed by atoms with Crippen molar-refractivity contribution >= 4 is 38.4 Å². The first-order valence-electron chi connectivity index (χ1n) is 7.44. The molecule has 3 aromatic rings. The van der Waals surface area contributed by atoms with Crippen molar-refractivity contribution in [3.05, 3.63) is 71.6 Å². The van der Waals surface area contributed by atoms with Crippen molar-refractivity contribution in [3.8, 4) is 0 Å². The third-order valence-corrected chi connectivity index (χ3v) is 6.50. The van der Waals surface area contributed by atoms with E-state index < -0.39 is 10.0 Å². The van der Waals surface area contributed by atoms with Gasteiger partial charge in [0.1, 0.15) is 4.21 Å². The lowest BCUT2D eigenvalue weighted by molar-refractivity contribution is 0.603. The van der Waals surface area contributed by atoms with Crippen LogP contribution in [0.1, 0.15) is 4.88 Å². The summed E-state index contributed by atoms with van der Waals surface area (Å²) in [5, 5.41) is 0. The van der Waals surface area contributed by atoms with Crippen molar-refractivity contribution in [2.24, 2.45) is 0 Å². The molecule has 0 aliphatic carbocycles. The van der Waals surface area contributed by atoms with Gasteiger partial charge < -0.3 is 4.90 Å². The molecule has 0 aliphatic heterocycles. The first-order chi connectivity index (χ1) is 11.5. The molecule has 3 rings (SSSR count). The Morgan fingerprint density at radius 2 is 1.50 bits per heavy atom. The van der Waals surface area contributed by atoms with E-state index >= 15 is 0 Å². The summed E-state index contributed by atoms with van der Waals surface area (Å²) in [6, 6.07) is 20.7. The van der Waals surface area contributed by atoms with E-state index in [4.69, 9.17) is 0 Å². The zero-order chi connectivity index (χ0) is 17.2. The Bertz CT molecular complexity index is 917. The Labute approximate surface area is 146 Å². The fourth-order valence-corrected chi connectivity index (χ4v) is 4.66. The molecule has 1 N–H and O–H groups in total. The van der Waals surface area contributed by atoms with Gasteiger partial charge in [-0.3, -0.25) is 4.72 Å². The van der Waals surface area contributed by atoms with E-state index in [1.807, 2.05) is 61.3 Å². The molecular weight excluding hydrogens is 340 g/mol. The predicted molar refractivity (Wildman–Crippen MR) is 101 cm³/mol. The van der Waals surface area contributed by atoms with Crippen LogP contribution in [-0.2, 0) is 10.0 Å². The third kappa shape index (κ3) is 3.60. The van der Waals surface area contributed by atoms with Gasteiger partial charge in [0.05, 0.1) is 0 Å². The van der Waals surface area contributed by atoms with E-state index in [0.29, 0.717) is 9.90 Å². The number of hydrogen-bond acceptors (Lipinski definition) is 4. The van der Waals surface area contributed by atoms with Gasteiger partial charge in [0, 0.05) is 29.0 Å². The molecule has 0 spiro atoms. The van der Waals surface area contributed by atoms with Crippen LogP contribution in [0.4, 0.5) is 17.1 Å². The van der Waals surface area contributed by atoms with Gasteiger partial charge >= 0.3 is 0 Å². The molecule has 0 bridgehead atoms. The van der Waals surface area contributed by atoms with E-state index in [1.54, 1.807) is 24.3 Å². The van der Waals surface area contributed by atoms with Gasteiger partial charge in [-0.05, 0) is 55.5 Å². The van der Waals surface area contributed by atoms with Crippen molar-refractivity contribution in [1.29, 1.82) is 0 Å². The number of nitrogens with zero attached hydrogens (tertiary/aromatic N) is 1. The summed E-state index contributed by atoms with van der Waals surface area (Å²) in [5.41, 5.74) is 2.60. The third-order valence-electron chi connectivity index (χ3n) is 3.63. The van der Waals surface area contributed by atoms with Gasteiger partial charge in [-0.15, -0.1) is 11.3 Å². The first kappa shape index (κ1) is 16.5. The smallest absolute Gasteiger partial charge is 0.271 e. The topological polar surface area (TPSA) is 49.4 Å². The number of sulfonamides is 1. The summed E-state index contributed by atoms with van der Waals surface area (Å²) in [4.78, 5) is 3.01. The molecule has 0 unspecified atom stereocenters. The molecule has 0 atom stereocenters. The number of rotatable bonds is 5. The van der Waals surface area contributed by atoms with Crippen LogP contribution < -0.4 is 9.62 Å². The number of benzene rings is 2. The molecule has 1 heterocycles.